The van der Waals surface area contributed by atoms with Crippen LogP contribution in [0.4, 0.5) is 0 Å². The molecule has 0 aromatic rings. The van der Waals surface area contributed by atoms with Crippen molar-refractivity contribution in [3.63, 3.8) is 0 Å². The third kappa shape index (κ3) is 2.44. The largest absolute Gasteiger partial charge is 0.480 e. The Morgan fingerprint density at radius 2 is 1.60 bits per heavy atom. The van der Waals surface area contributed by atoms with Crippen LogP contribution in [0.1, 0.15) is 0 Å². The lowest BCUT2D eigenvalue weighted by atomic mass is 10.1. The minimum absolute atomic E-state index is 0.681. The van der Waals surface area contributed by atoms with E-state index >= 15 is 0 Å². The van der Waals surface area contributed by atoms with Gasteiger partial charge in [0.05, 0.1) is 0 Å². The molecule has 15 heavy (non-hydrogen) atoms. The lowest BCUT2D eigenvalue weighted by molar-refractivity contribution is -0.139. The second-order valence-electron chi connectivity index (χ2n) is 2.76. The molecule has 1 unspecified atom stereocenters. The number of hydrogen-bond acceptors (Lipinski definition) is 2. The van der Waals surface area contributed by atoms with Crippen molar-refractivity contribution in [2.45, 2.75) is 11.0 Å². The Bertz CT molecular complexity index is 330. The van der Waals surface area contributed by atoms with E-state index in [2.05, 4.69) is 95.8 Å². The highest BCUT2D eigenvalue weighted by molar-refractivity contribution is 9.28. The molecule has 1 aliphatic rings. The topological polar surface area (TPSA) is 40.5 Å². The third-order valence-electron chi connectivity index (χ3n) is 1.77. The Morgan fingerprint density at radius 1 is 1.13 bits per heavy atom. The van der Waals surface area contributed by atoms with Gasteiger partial charge in [-0.15, -0.1) is 0 Å². The maximum absolute atomic E-state index is 11.2. The van der Waals surface area contributed by atoms with E-state index in [-0.39, 0.29) is 0 Å². The fourth-order valence-electron chi connectivity index (χ4n) is 0.911. The number of hydrogen-bond donors (Lipinski definition) is 1. The fourth-order valence-corrected chi connectivity index (χ4v) is 4.77. The number of halogens is 6. The van der Waals surface area contributed by atoms with E-state index in [0.717, 1.165) is 0 Å². The number of carbonyl (C=O) groups is 1. The van der Waals surface area contributed by atoms with Crippen LogP contribution in [-0.2, 0) is 4.79 Å². The van der Waals surface area contributed by atoms with Crippen LogP contribution in [0.25, 0.3) is 0 Å². The van der Waals surface area contributed by atoms with Crippen molar-refractivity contribution in [3.05, 3.63) is 12.2 Å². The van der Waals surface area contributed by atoms with E-state index in [1.54, 1.807) is 10.0 Å². The molecular weight excluding hydrogens is 597 g/mol. The van der Waals surface area contributed by atoms with E-state index in [0.29, 0.717) is 0 Å². The molecule has 0 bridgehead atoms. The lowest BCUT2D eigenvalue weighted by Gasteiger charge is -2.46. The average molecular weight is 601 g/mol. The van der Waals surface area contributed by atoms with Gasteiger partial charge >= 0.3 is 5.97 Å². The smallest absolute Gasteiger partial charge is 0.328 e. The zero-order valence-corrected chi connectivity index (χ0v) is 16.2. The molecule has 3 nitrogen and oxygen atoms in total. The van der Waals surface area contributed by atoms with Crippen LogP contribution in [0.15, 0.2) is 12.2 Å². The predicted molar refractivity (Wildman–Crippen MR) is 80.4 cm³/mol. The van der Waals surface area contributed by atoms with Gasteiger partial charge in [-0.25, -0.2) is 0 Å². The summed E-state index contributed by atoms with van der Waals surface area (Å²) in [6.45, 7) is 0. The molecule has 0 aliphatic carbocycles. The second-order valence-corrected chi connectivity index (χ2v) is 11.6. The first kappa shape index (κ1) is 15.1. The van der Waals surface area contributed by atoms with Crippen LogP contribution in [0, 0.1) is 0 Å². The molecule has 0 amide bonds. The molecule has 0 saturated carbocycles. The number of rotatable bonds is 1. The number of nitrogens with zero attached hydrogens (tertiary/aromatic N) is 1. The van der Waals surface area contributed by atoms with E-state index in [4.69, 9.17) is 0 Å². The van der Waals surface area contributed by atoms with Crippen molar-refractivity contribution in [3.8, 4) is 0 Å². The lowest BCUT2D eigenvalue weighted by Crippen LogP contribution is -2.59. The van der Waals surface area contributed by atoms with Gasteiger partial charge < -0.3 is 5.11 Å². The zero-order valence-electron chi connectivity index (χ0n) is 6.73. The fraction of sp³-hybridized carbons (Fsp3) is 0.500. The summed E-state index contributed by atoms with van der Waals surface area (Å²) in [5.41, 5.74) is 0. The third-order valence-corrected chi connectivity index (χ3v) is 10.2. The average Bonchev–Trinajstić information content (AvgIpc) is 2.10. The summed E-state index contributed by atoms with van der Waals surface area (Å²) in [4.78, 5) is 11.2. The normalized spacial score (nSPS) is 34.0. The molecule has 86 valence electrons. The Hall–Kier alpha value is 2.05. The number of carboxylic acid groups (broad SMARTS) is 1. The van der Waals surface area contributed by atoms with E-state index < -0.39 is 17.0 Å². The maximum Gasteiger partial charge on any atom is 0.328 e. The minimum atomic E-state index is -1.30. The molecule has 0 spiro atoms. The van der Waals surface area contributed by atoms with Crippen molar-refractivity contribution in [2.75, 3.05) is 0 Å². The highest BCUT2D eigenvalue weighted by Crippen LogP contribution is 2.57. The summed E-state index contributed by atoms with van der Waals surface area (Å²) in [6, 6.07) is 0. The van der Waals surface area contributed by atoms with Gasteiger partial charge in [-0.1, -0.05) is 53.9 Å². The van der Waals surface area contributed by atoms with Crippen molar-refractivity contribution < 1.29 is 9.90 Å². The minimum Gasteiger partial charge on any atom is -0.480 e. The molecular formula is C6H3Br6NO2. The van der Waals surface area contributed by atoms with Gasteiger partial charge in [0.25, 0.3) is 0 Å². The Morgan fingerprint density at radius 3 is 2.00 bits per heavy atom. The van der Waals surface area contributed by atoms with Crippen molar-refractivity contribution >= 4 is 102 Å². The standard InChI is InChI=1S/C6H3Br6NO2/c7-4(3(14)15)1-2-5(8,9)13(12)6(4,10)11/h1-2H,(H,14,15). The molecule has 0 fully saturated rings. The molecule has 9 heteroatoms. The summed E-state index contributed by atoms with van der Waals surface area (Å²) < 4.78 is -1.47. The molecule has 0 radical (unpaired) electrons. The van der Waals surface area contributed by atoms with Crippen molar-refractivity contribution in [1.82, 2.24) is 3.93 Å². The van der Waals surface area contributed by atoms with Gasteiger partial charge in [0.15, 0.2) is 11.0 Å². The Labute approximate surface area is 137 Å². The number of alkyl halides is 5. The highest BCUT2D eigenvalue weighted by Gasteiger charge is 2.61. The quantitative estimate of drug-likeness (QED) is 0.212. The summed E-state index contributed by atoms with van der Waals surface area (Å²) in [6.07, 6.45) is 3.19. The molecule has 0 aromatic carbocycles. The predicted octanol–water partition coefficient (Wildman–Crippen LogP) is 4.27. The van der Waals surface area contributed by atoms with Crippen molar-refractivity contribution in [2.24, 2.45) is 0 Å². The van der Waals surface area contributed by atoms with Gasteiger partial charge in [-0.3, -0.25) is 4.79 Å². The number of carboxylic acids is 1. The van der Waals surface area contributed by atoms with Crippen LogP contribution in [-0.4, -0.2) is 26.0 Å². The van der Waals surface area contributed by atoms with Crippen LogP contribution in [0.3, 0.4) is 0 Å². The molecule has 1 atom stereocenters. The van der Waals surface area contributed by atoms with E-state index in [1.165, 1.54) is 6.08 Å². The summed E-state index contributed by atoms with van der Waals surface area (Å²) in [5.74, 6) is -1.02. The molecule has 1 rings (SSSR count). The van der Waals surface area contributed by atoms with Crippen LogP contribution in [0.2, 0.25) is 0 Å². The highest BCUT2D eigenvalue weighted by atomic mass is 79.9. The second kappa shape index (κ2) is 4.62. The summed E-state index contributed by atoms with van der Waals surface area (Å²) >= 11 is 19.8. The van der Waals surface area contributed by atoms with Gasteiger partial charge in [-0.05, 0) is 37.9 Å². The maximum atomic E-state index is 11.2. The van der Waals surface area contributed by atoms with Crippen LogP contribution < -0.4 is 0 Å². The summed E-state index contributed by atoms with van der Waals surface area (Å²) in [7, 11) is 0. The van der Waals surface area contributed by atoms with Crippen LogP contribution in [0.5, 0.6) is 0 Å². The number of aliphatic carboxylic acids is 1. The zero-order chi connectivity index (χ0) is 12.1. The SMILES string of the molecule is O=C(O)C1(Br)C=CC(Br)(Br)N(Br)C1(Br)Br. The van der Waals surface area contributed by atoms with Gasteiger partial charge in [0.1, 0.15) is 0 Å². The Balaban J connectivity index is 3.32. The van der Waals surface area contributed by atoms with Gasteiger partial charge in [0, 0.05) is 16.1 Å². The van der Waals surface area contributed by atoms with Crippen molar-refractivity contribution in [1.29, 1.82) is 0 Å². The Kier molecular flexibility index (Phi) is 4.65. The molecule has 0 saturated heterocycles. The first-order valence-corrected chi connectivity index (χ1v) is 8.07. The van der Waals surface area contributed by atoms with E-state index in [1.807, 2.05) is 0 Å². The summed E-state index contributed by atoms with van der Waals surface area (Å²) in [5, 5.41) is 9.18. The van der Waals surface area contributed by atoms with E-state index in [9.17, 15) is 9.90 Å². The van der Waals surface area contributed by atoms with Crippen LogP contribution >= 0.6 is 95.8 Å². The van der Waals surface area contributed by atoms with Gasteiger partial charge in [0.2, 0.25) is 0 Å². The first-order valence-electron chi connectivity index (χ1n) is 3.40. The molecule has 0 aromatic heterocycles. The molecule has 1 aliphatic heterocycles. The first-order chi connectivity index (χ1) is 6.56. The molecule has 1 N–H and O–H groups in total. The monoisotopic (exact) mass is 595 g/mol. The van der Waals surface area contributed by atoms with Gasteiger partial charge in [-0.2, -0.15) is 3.93 Å². The molecule has 1 heterocycles.